The summed E-state index contributed by atoms with van der Waals surface area (Å²) in [4.78, 5) is 2.63. The minimum absolute atomic E-state index is 0.270. The van der Waals surface area contributed by atoms with E-state index in [0.717, 1.165) is 26.1 Å². The second-order valence-electron chi connectivity index (χ2n) is 6.45. The van der Waals surface area contributed by atoms with Crippen LogP contribution in [0.1, 0.15) is 43.4 Å². The van der Waals surface area contributed by atoms with E-state index in [-0.39, 0.29) is 6.10 Å². The number of ether oxygens (including phenoxy) is 1. The van der Waals surface area contributed by atoms with E-state index < -0.39 is 0 Å². The lowest BCUT2D eigenvalue weighted by molar-refractivity contribution is -0.0653. The number of fused-ring (bicyclic) bond motifs is 1. The summed E-state index contributed by atoms with van der Waals surface area (Å²) in [6.07, 6.45) is 4.07. The SMILES string of the molecule is CCCNC(c1ccccc1C)C1CN2CCCC2CO1. The van der Waals surface area contributed by atoms with Crippen LogP contribution in [0.2, 0.25) is 0 Å². The first-order chi connectivity index (χ1) is 10.3. The third-order valence-corrected chi connectivity index (χ3v) is 4.93. The zero-order valence-corrected chi connectivity index (χ0v) is 13.3. The van der Waals surface area contributed by atoms with Gasteiger partial charge in [0.25, 0.3) is 0 Å². The molecule has 1 N–H and O–H groups in total. The number of aryl methyl sites for hydroxylation is 1. The summed E-state index contributed by atoms with van der Waals surface area (Å²) in [5, 5.41) is 3.72. The Hall–Kier alpha value is -0.900. The Bertz CT molecular complexity index is 462. The summed E-state index contributed by atoms with van der Waals surface area (Å²) in [5.41, 5.74) is 2.76. The largest absolute Gasteiger partial charge is 0.373 e. The maximum Gasteiger partial charge on any atom is 0.0897 e. The van der Waals surface area contributed by atoms with E-state index in [2.05, 4.69) is 48.3 Å². The van der Waals surface area contributed by atoms with Crippen molar-refractivity contribution in [1.29, 1.82) is 0 Å². The summed E-state index contributed by atoms with van der Waals surface area (Å²) in [7, 11) is 0. The van der Waals surface area contributed by atoms with Crippen LogP contribution in [0.3, 0.4) is 0 Å². The Balaban J connectivity index is 1.77. The van der Waals surface area contributed by atoms with Gasteiger partial charge in [-0.3, -0.25) is 4.90 Å². The molecule has 21 heavy (non-hydrogen) atoms. The average Bonchev–Trinajstić information content (AvgIpc) is 2.97. The molecule has 0 bridgehead atoms. The maximum atomic E-state index is 6.26. The van der Waals surface area contributed by atoms with E-state index in [1.54, 1.807) is 0 Å². The third-order valence-electron chi connectivity index (χ3n) is 4.93. The Kier molecular flexibility index (Phi) is 4.94. The molecule has 2 heterocycles. The molecule has 3 nitrogen and oxygen atoms in total. The summed E-state index contributed by atoms with van der Waals surface area (Å²) < 4.78 is 6.26. The third kappa shape index (κ3) is 3.31. The van der Waals surface area contributed by atoms with Crippen molar-refractivity contribution in [1.82, 2.24) is 10.2 Å². The molecule has 1 aromatic carbocycles. The van der Waals surface area contributed by atoms with Crippen molar-refractivity contribution < 1.29 is 4.74 Å². The number of hydrogen-bond donors (Lipinski definition) is 1. The molecule has 0 aliphatic carbocycles. The average molecular weight is 288 g/mol. The summed E-state index contributed by atoms with van der Waals surface area (Å²) in [6.45, 7) is 8.69. The van der Waals surface area contributed by atoms with E-state index in [1.165, 1.54) is 30.5 Å². The van der Waals surface area contributed by atoms with Crippen LogP contribution in [-0.2, 0) is 4.74 Å². The molecule has 2 fully saturated rings. The molecular weight excluding hydrogens is 260 g/mol. The Labute approximate surface area is 128 Å². The van der Waals surface area contributed by atoms with Crippen LogP contribution in [0.5, 0.6) is 0 Å². The van der Waals surface area contributed by atoms with Gasteiger partial charge in [-0.05, 0) is 50.4 Å². The van der Waals surface area contributed by atoms with Gasteiger partial charge in [0.05, 0.1) is 18.8 Å². The standard InChI is InChI=1S/C18H28N2O/c1-3-10-19-18(16-9-5-4-7-14(16)2)17-12-20-11-6-8-15(20)13-21-17/h4-5,7,9,15,17-19H,3,6,8,10-13H2,1-2H3. The highest BCUT2D eigenvalue weighted by atomic mass is 16.5. The minimum Gasteiger partial charge on any atom is -0.373 e. The monoisotopic (exact) mass is 288 g/mol. The lowest BCUT2D eigenvalue weighted by Crippen LogP contribution is -2.50. The van der Waals surface area contributed by atoms with Gasteiger partial charge < -0.3 is 10.1 Å². The highest BCUT2D eigenvalue weighted by molar-refractivity contribution is 5.30. The maximum absolute atomic E-state index is 6.26. The van der Waals surface area contributed by atoms with Crippen molar-refractivity contribution in [3.63, 3.8) is 0 Å². The van der Waals surface area contributed by atoms with E-state index in [9.17, 15) is 0 Å². The fourth-order valence-electron chi connectivity index (χ4n) is 3.72. The van der Waals surface area contributed by atoms with Crippen LogP contribution in [-0.4, -0.2) is 43.3 Å². The number of nitrogens with one attached hydrogen (secondary N) is 1. The van der Waals surface area contributed by atoms with E-state index in [0.29, 0.717) is 12.1 Å². The summed E-state index contributed by atoms with van der Waals surface area (Å²) >= 11 is 0. The normalized spacial score (nSPS) is 27.5. The molecule has 0 aromatic heterocycles. The Morgan fingerprint density at radius 1 is 1.38 bits per heavy atom. The van der Waals surface area contributed by atoms with Crippen molar-refractivity contribution in [3.8, 4) is 0 Å². The van der Waals surface area contributed by atoms with Crippen LogP contribution >= 0.6 is 0 Å². The van der Waals surface area contributed by atoms with Gasteiger partial charge in [-0.1, -0.05) is 31.2 Å². The predicted molar refractivity (Wildman–Crippen MR) is 86.5 cm³/mol. The highest BCUT2D eigenvalue weighted by Gasteiger charge is 2.36. The van der Waals surface area contributed by atoms with Crippen LogP contribution in [0, 0.1) is 6.92 Å². The molecular formula is C18H28N2O. The summed E-state index contributed by atoms with van der Waals surface area (Å²) in [6, 6.07) is 9.70. The van der Waals surface area contributed by atoms with Crippen molar-refractivity contribution in [2.24, 2.45) is 0 Å². The van der Waals surface area contributed by atoms with Crippen molar-refractivity contribution in [3.05, 3.63) is 35.4 Å². The second kappa shape index (κ2) is 6.91. The fraction of sp³-hybridized carbons (Fsp3) is 0.667. The molecule has 3 atom stereocenters. The molecule has 2 aliphatic heterocycles. The van der Waals surface area contributed by atoms with E-state index >= 15 is 0 Å². The van der Waals surface area contributed by atoms with Gasteiger partial charge in [-0.25, -0.2) is 0 Å². The first kappa shape index (κ1) is 15.0. The van der Waals surface area contributed by atoms with Gasteiger partial charge in [0.15, 0.2) is 0 Å². The first-order valence-corrected chi connectivity index (χ1v) is 8.44. The lowest BCUT2D eigenvalue weighted by atomic mass is 9.95. The molecule has 0 amide bonds. The van der Waals surface area contributed by atoms with Crippen molar-refractivity contribution >= 4 is 0 Å². The van der Waals surface area contributed by atoms with E-state index in [4.69, 9.17) is 4.74 Å². The molecule has 0 radical (unpaired) electrons. The Morgan fingerprint density at radius 2 is 2.24 bits per heavy atom. The molecule has 116 valence electrons. The number of rotatable bonds is 5. The zero-order chi connectivity index (χ0) is 14.7. The lowest BCUT2D eigenvalue weighted by Gasteiger charge is -2.39. The van der Waals surface area contributed by atoms with Crippen molar-refractivity contribution in [2.45, 2.75) is 51.3 Å². The van der Waals surface area contributed by atoms with Gasteiger partial charge >= 0.3 is 0 Å². The van der Waals surface area contributed by atoms with Crippen LogP contribution in [0.15, 0.2) is 24.3 Å². The molecule has 3 unspecified atom stereocenters. The van der Waals surface area contributed by atoms with Gasteiger partial charge in [-0.2, -0.15) is 0 Å². The van der Waals surface area contributed by atoms with Gasteiger partial charge in [-0.15, -0.1) is 0 Å². The van der Waals surface area contributed by atoms with E-state index in [1.807, 2.05) is 0 Å². The molecule has 3 rings (SSSR count). The zero-order valence-electron chi connectivity index (χ0n) is 13.3. The molecule has 0 spiro atoms. The quantitative estimate of drug-likeness (QED) is 0.901. The molecule has 0 saturated carbocycles. The second-order valence-corrected chi connectivity index (χ2v) is 6.45. The Morgan fingerprint density at radius 3 is 3.05 bits per heavy atom. The molecule has 1 aromatic rings. The van der Waals surface area contributed by atoms with Crippen molar-refractivity contribution in [2.75, 3.05) is 26.2 Å². The van der Waals surface area contributed by atoms with Gasteiger partial charge in [0.2, 0.25) is 0 Å². The van der Waals surface area contributed by atoms with Crippen LogP contribution < -0.4 is 5.32 Å². The number of benzene rings is 1. The number of morpholine rings is 1. The van der Waals surface area contributed by atoms with Crippen LogP contribution in [0.4, 0.5) is 0 Å². The fourth-order valence-corrected chi connectivity index (χ4v) is 3.72. The number of nitrogens with zero attached hydrogens (tertiary/aromatic N) is 1. The number of hydrogen-bond acceptors (Lipinski definition) is 3. The predicted octanol–water partition coefficient (Wildman–Crippen LogP) is 2.90. The summed E-state index contributed by atoms with van der Waals surface area (Å²) in [5.74, 6) is 0. The smallest absolute Gasteiger partial charge is 0.0897 e. The van der Waals surface area contributed by atoms with Crippen LogP contribution in [0.25, 0.3) is 0 Å². The topological polar surface area (TPSA) is 24.5 Å². The molecule has 3 heteroatoms. The molecule has 2 saturated heterocycles. The van der Waals surface area contributed by atoms with Gasteiger partial charge in [0, 0.05) is 12.6 Å². The highest BCUT2D eigenvalue weighted by Crippen LogP contribution is 2.30. The molecule has 2 aliphatic rings. The minimum atomic E-state index is 0.270. The van der Waals surface area contributed by atoms with Gasteiger partial charge in [0.1, 0.15) is 0 Å². The first-order valence-electron chi connectivity index (χ1n) is 8.44.